The van der Waals surface area contributed by atoms with Gasteiger partial charge in [0.2, 0.25) is 0 Å². The largest absolute Gasteiger partial charge is 0.418 e. The fraction of sp³-hybridized carbons (Fsp3) is 0.400. The Bertz CT molecular complexity index is 1400. The highest BCUT2D eigenvalue weighted by Crippen LogP contribution is 2.35. The molecule has 214 valence electrons. The lowest BCUT2D eigenvalue weighted by Crippen LogP contribution is -2.14. The molecule has 0 spiro atoms. The number of aromatic nitrogens is 4. The molecule has 1 atom stereocenters. The summed E-state index contributed by atoms with van der Waals surface area (Å²) in [5.41, 5.74) is -1.21. The monoisotopic (exact) mass is 616 g/mol. The van der Waals surface area contributed by atoms with Gasteiger partial charge in [-0.05, 0) is 39.5 Å². The number of alkyl halides is 3. The van der Waals surface area contributed by atoms with E-state index in [1.165, 1.54) is 6.20 Å². The maximum Gasteiger partial charge on any atom is 0.418 e. The van der Waals surface area contributed by atoms with Crippen molar-refractivity contribution in [3.05, 3.63) is 61.7 Å². The SMILES string of the molecule is CC(CC(=O)c1ncnc(C(=O)CCCCN(C)C)c1Cl)c1ncc(C(=O)Nc2cc(C(F)(F)F)c(Cl)cn2)s1. The highest BCUT2D eigenvalue weighted by atomic mass is 35.5. The molecular formula is C25H25Cl2F3N6O3S. The Balaban J connectivity index is 1.65. The smallest absolute Gasteiger partial charge is 0.309 e. The summed E-state index contributed by atoms with van der Waals surface area (Å²) in [6, 6.07) is 0.637. The zero-order valence-corrected chi connectivity index (χ0v) is 24.0. The van der Waals surface area contributed by atoms with Crippen LogP contribution in [0.4, 0.5) is 19.0 Å². The van der Waals surface area contributed by atoms with Gasteiger partial charge in [-0.25, -0.2) is 19.9 Å². The van der Waals surface area contributed by atoms with Gasteiger partial charge in [0.05, 0.1) is 26.8 Å². The number of nitrogens with one attached hydrogen (secondary N) is 1. The molecular weight excluding hydrogens is 592 g/mol. The Kier molecular flexibility index (Phi) is 10.7. The molecule has 0 saturated carbocycles. The van der Waals surface area contributed by atoms with Crippen molar-refractivity contribution < 1.29 is 27.6 Å². The normalized spacial score (nSPS) is 12.4. The van der Waals surface area contributed by atoms with Crippen molar-refractivity contribution in [2.45, 2.75) is 44.7 Å². The quantitative estimate of drug-likeness (QED) is 0.189. The van der Waals surface area contributed by atoms with Gasteiger partial charge in [0, 0.05) is 25.0 Å². The van der Waals surface area contributed by atoms with Crippen LogP contribution in [0.1, 0.15) is 79.7 Å². The Morgan fingerprint density at radius 1 is 1.02 bits per heavy atom. The van der Waals surface area contributed by atoms with Crippen molar-refractivity contribution in [2.24, 2.45) is 0 Å². The van der Waals surface area contributed by atoms with Crippen LogP contribution in [0, 0.1) is 0 Å². The maximum atomic E-state index is 13.1. The summed E-state index contributed by atoms with van der Waals surface area (Å²) in [6.45, 7) is 2.55. The van der Waals surface area contributed by atoms with Crippen LogP contribution >= 0.6 is 34.5 Å². The minimum absolute atomic E-state index is 0.00443. The molecule has 1 amide bonds. The van der Waals surface area contributed by atoms with Gasteiger partial charge in [0.1, 0.15) is 28.4 Å². The number of carbonyl (C=O) groups is 3. The van der Waals surface area contributed by atoms with Crippen molar-refractivity contribution in [3.8, 4) is 0 Å². The molecule has 15 heteroatoms. The first-order chi connectivity index (χ1) is 18.8. The van der Waals surface area contributed by atoms with E-state index >= 15 is 0 Å². The number of unbranched alkanes of at least 4 members (excludes halogenated alkanes) is 1. The molecule has 0 saturated heterocycles. The van der Waals surface area contributed by atoms with Crippen LogP contribution in [0.2, 0.25) is 10.0 Å². The van der Waals surface area contributed by atoms with Crippen LogP contribution in [-0.4, -0.2) is 62.9 Å². The van der Waals surface area contributed by atoms with Gasteiger partial charge in [-0.2, -0.15) is 13.2 Å². The summed E-state index contributed by atoms with van der Waals surface area (Å²) in [6.07, 6.45) is 0.0921. The number of thiazole rings is 1. The highest BCUT2D eigenvalue weighted by Gasteiger charge is 2.34. The number of Topliss-reactive ketones (excluding diaryl/α,β-unsaturated/α-hetero) is 2. The van der Waals surface area contributed by atoms with Gasteiger partial charge in [0.25, 0.3) is 5.91 Å². The molecule has 1 unspecified atom stereocenters. The average Bonchev–Trinajstić information content (AvgIpc) is 3.38. The predicted molar refractivity (Wildman–Crippen MR) is 145 cm³/mol. The van der Waals surface area contributed by atoms with Crippen molar-refractivity contribution in [3.63, 3.8) is 0 Å². The van der Waals surface area contributed by atoms with Crippen LogP contribution in [0.3, 0.4) is 0 Å². The molecule has 1 N–H and O–H groups in total. The number of halogens is 5. The molecule has 3 rings (SSSR count). The first kappa shape index (κ1) is 31.5. The average molecular weight is 617 g/mol. The molecule has 3 aromatic heterocycles. The Labute approximate surface area is 242 Å². The van der Waals surface area contributed by atoms with E-state index in [0.29, 0.717) is 17.5 Å². The second-order valence-electron chi connectivity index (χ2n) is 9.16. The minimum atomic E-state index is -4.72. The Hall–Kier alpha value is -3.00. The first-order valence-electron chi connectivity index (χ1n) is 12.0. The van der Waals surface area contributed by atoms with Crippen LogP contribution in [0.25, 0.3) is 0 Å². The molecule has 0 aliphatic heterocycles. The van der Waals surface area contributed by atoms with E-state index in [1.807, 2.05) is 19.0 Å². The lowest BCUT2D eigenvalue weighted by Gasteiger charge is -2.11. The Morgan fingerprint density at radius 3 is 2.35 bits per heavy atom. The highest BCUT2D eigenvalue weighted by molar-refractivity contribution is 7.13. The van der Waals surface area contributed by atoms with E-state index in [2.05, 4.69) is 25.3 Å². The molecule has 0 aliphatic rings. The van der Waals surface area contributed by atoms with Crippen molar-refractivity contribution in [1.82, 2.24) is 24.8 Å². The summed E-state index contributed by atoms with van der Waals surface area (Å²) >= 11 is 12.9. The second kappa shape index (κ2) is 13.6. The number of hydrogen-bond donors (Lipinski definition) is 1. The van der Waals surface area contributed by atoms with E-state index in [9.17, 15) is 27.6 Å². The lowest BCUT2D eigenvalue weighted by atomic mass is 10.0. The summed E-state index contributed by atoms with van der Waals surface area (Å²) in [5.74, 6) is -2.23. The maximum absolute atomic E-state index is 13.1. The number of anilines is 1. The second-order valence-corrected chi connectivity index (χ2v) is 11.0. The molecule has 0 bridgehead atoms. The third-order valence-electron chi connectivity index (χ3n) is 5.64. The summed E-state index contributed by atoms with van der Waals surface area (Å²) < 4.78 is 39.3. The van der Waals surface area contributed by atoms with E-state index in [4.69, 9.17) is 23.2 Å². The van der Waals surface area contributed by atoms with Gasteiger partial charge in [-0.15, -0.1) is 11.3 Å². The molecule has 40 heavy (non-hydrogen) atoms. The van der Waals surface area contributed by atoms with Gasteiger partial charge in [-0.3, -0.25) is 14.4 Å². The molecule has 0 aliphatic carbocycles. The standard InChI is InChI=1S/C25H25Cl2F3N6O3S/c1-13(8-17(38)22-20(27)21(33-12-34-22)16(37)6-4-5-7-36(2)3)24-32-11-18(40-24)23(39)35-19-9-14(25(28,29)30)15(26)10-31-19/h9-13H,4-8H2,1-3H3,(H,31,35,39). The third kappa shape index (κ3) is 8.26. The van der Waals surface area contributed by atoms with Crippen LogP contribution in [0.15, 0.2) is 24.8 Å². The molecule has 3 heterocycles. The fourth-order valence-corrected chi connectivity index (χ4v) is 4.96. The van der Waals surface area contributed by atoms with E-state index in [-0.39, 0.29) is 45.7 Å². The van der Waals surface area contributed by atoms with Gasteiger partial charge in [-0.1, -0.05) is 30.1 Å². The van der Waals surface area contributed by atoms with Crippen LogP contribution < -0.4 is 5.32 Å². The minimum Gasteiger partial charge on any atom is -0.309 e. The van der Waals surface area contributed by atoms with E-state index < -0.39 is 34.4 Å². The van der Waals surface area contributed by atoms with Crippen molar-refractivity contribution >= 4 is 57.8 Å². The zero-order valence-electron chi connectivity index (χ0n) is 21.7. The number of ketones is 2. The van der Waals surface area contributed by atoms with Crippen molar-refractivity contribution in [1.29, 1.82) is 0 Å². The van der Waals surface area contributed by atoms with E-state index in [1.54, 1.807) is 6.92 Å². The van der Waals surface area contributed by atoms with Crippen molar-refractivity contribution in [2.75, 3.05) is 26.0 Å². The zero-order chi connectivity index (χ0) is 29.6. The first-order valence-corrected chi connectivity index (χ1v) is 13.6. The molecule has 0 radical (unpaired) electrons. The predicted octanol–water partition coefficient (Wildman–Crippen LogP) is 6.20. The van der Waals surface area contributed by atoms with Gasteiger partial charge < -0.3 is 10.2 Å². The summed E-state index contributed by atoms with van der Waals surface area (Å²) in [7, 11) is 3.89. The Morgan fingerprint density at radius 2 is 1.70 bits per heavy atom. The fourth-order valence-electron chi connectivity index (χ4n) is 3.58. The summed E-state index contributed by atoms with van der Waals surface area (Å²) in [4.78, 5) is 56.1. The van der Waals surface area contributed by atoms with E-state index in [0.717, 1.165) is 36.8 Å². The number of pyridine rings is 1. The number of rotatable bonds is 12. The van der Waals surface area contributed by atoms with Crippen LogP contribution in [-0.2, 0) is 6.18 Å². The number of nitrogens with zero attached hydrogens (tertiary/aromatic N) is 5. The molecule has 0 fully saturated rings. The molecule has 0 aromatic carbocycles. The lowest BCUT2D eigenvalue weighted by molar-refractivity contribution is -0.137. The molecule has 9 nitrogen and oxygen atoms in total. The van der Waals surface area contributed by atoms with Gasteiger partial charge in [0.15, 0.2) is 11.6 Å². The summed E-state index contributed by atoms with van der Waals surface area (Å²) in [5, 5.41) is 2.02. The number of amides is 1. The topological polar surface area (TPSA) is 118 Å². The number of carbonyl (C=O) groups excluding carboxylic acids is 3. The van der Waals surface area contributed by atoms with Crippen LogP contribution in [0.5, 0.6) is 0 Å². The third-order valence-corrected chi connectivity index (χ3v) is 7.53. The molecule has 3 aromatic rings. The van der Waals surface area contributed by atoms with Gasteiger partial charge >= 0.3 is 6.18 Å². The number of hydrogen-bond acceptors (Lipinski definition) is 9.